The predicted octanol–water partition coefficient (Wildman–Crippen LogP) is 2.85. The Morgan fingerprint density at radius 2 is 1.86 bits per heavy atom. The minimum Gasteiger partial charge on any atom is -0.456 e. The molecule has 0 N–H and O–H groups in total. The molecule has 3 fully saturated rings. The molecule has 1 amide bonds. The summed E-state index contributed by atoms with van der Waals surface area (Å²) in [5, 5.41) is 0. The molecule has 2 saturated heterocycles. The van der Waals surface area contributed by atoms with Gasteiger partial charge < -0.3 is 14.4 Å². The van der Waals surface area contributed by atoms with Crippen LogP contribution in [0.25, 0.3) is 0 Å². The van der Waals surface area contributed by atoms with Gasteiger partial charge in [-0.2, -0.15) is 0 Å². The van der Waals surface area contributed by atoms with Crippen LogP contribution in [0.4, 0.5) is 4.79 Å². The van der Waals surface area contributed by atoms with E-state index in [1.165, 1.54) is 0 Å². The number of carbonyl (C=O) groups excluding carboxylic acids is 2. The first-order chi connectivity index (χ1) is 10.3. The average Bonchev–Trinajstić information content (AvgIpc) is 3.02. The van der Waals surface area contributed by atoms with E-state index in [0.29, 0.717) is 12.1 Å². The van der Waals surface area contributed by atoms with Gasteiger partial charge >= 0.3 is 12.1 Å². The molecule has 5 heteroatoms. The molecule has 0 aromatic heterocycles. The Morgan fingerprint density at radius 3 is 2.50 bits per heavy atom. The molecule has 4 rings (SSSR count). The first kappa shape index (κ1) is 14.9. The Morgan fingerprint density at radius 1 is 1.18 bits per heavy atom. The number of esters is 1. The zero-order valence-corrected chi connectivity index (χ0v) is 13.1. The molecule has 1 aliphatic carbocycles. The summed E-state index contributed by atoms with van der Waals surface area (Å²) >= 11 is 0. The quantitative estimate of drug-likeness (QED) is 0.788. The summed E-state index contributed by atoms with van der Waals surface area (Å²) < 4.78 is 11.0. The van der Waals surface area contributed by atoms with Crippen LogP contribution in [0.2, 0.25) is 0 Å². The van der Waals surface area contributed by atoms with Crippen LogP contribution in [0.5, 0.6) is 0 Å². The SMILES string of the molecule is CC(C)(C)OC(=O)N1C[C@H]2C[C@@H]1[C@@H]2OC(=O)c1ccccc1. The van der Waals surface area contributed by atoms with Gasteiger partial charge in [-0.25, -0.2) is 9.59 Å². The zero-order valence-electron chi connectivity index (χ0n) is 13.1. The zero-order chi connectivity index (χ0) is 15.9. The standard InChI is InChI=1S/C17H21NO4/c1-17(2,3)22-16(20)18-10-12-9-13(18)14(12)21-15(19)11-7-5-4-6-8-11/h4-8,12-14H,9-10H2,1-3H3/t12-,13-,14-/m1/s1. The summed E-state index contributed by atoms with van der Waals surface area (Å²) in [6, 6.07) is 8.88. The van der Waals surface area contributed by atoms with Gasteiger partial charge in [-0.3, -0.25) is 0 Å². The first-order valence-corrected chi connectivity index (χ1v) is 7.61. The van der Waals surface area contributed by atoms with Crippen molar-refractivity contribution in [3.8, 4) is 0 Å². The van der Waals surface area contributed by atoms with Crippen molar-refractivity contribution in [1.29, 1.82) is 0 Å². The number of carbonyl (C=O) groups is 2. The van der Waals surface area contributed by atoms with E-state index >= 15 is 0 Å². The highest BCUT2D eigenvalue weighted by Crippen LogP contribution is 2.44. The maximum atomic E-state index is 12.2. The monoisotopic (exact) mass is 303 g/mol. The summed E-state index contributed by atoms with van der Waals surface area (Å²) in [5.41, 5.74) is 0.0258. The molecule has 1 saturated carbocycles. The molecule has 2 aliphatic heterocycles. The number of benzene rings is 1. The third-order valence-electron chi connectivity index (χ3n) is 4.10. The van der Waals surface area contributed by atoms with Crippen molar-refractivity contribution >= 4 is 12.1 Å². The molecule has 118 valence electrons. The number of hydrogen-bond acceptors (Lipinski definition) is 4. The van der Waals surface area contributed by atoms with E-state index in [1.807, 2.05) is 26.8 Å². The van der Waals surface area contributed by atoms with Crippen LogP contribution in [0.3, 0.4) is 0 Å². The molecule has 3 aliphatic rings. The molecule has 1 aromatic rings. The Hall–Kier alpha value is -2.04. The molecule has 0 radical (unpaired) electrons. The van der Waals surface area contributed by atoms with E-state index in [1.54, 1.807) is 29.2 Å². The van der Waals surface area contributed by atoms with Crippen LogP contribution in [0.15, 0.2) is 30.3 Å². The van der Waals surface area contributed by atoms with Crippen molar-refractivity contribution in [1.82, 2.24) is 4.90 Å². The molecule has 1 aromatic carbocycles. The van der Waals surface area contributed by atoms with Gasteiger partial charge in [-0.15, -0.1) is 0 Å². The molecule has 0 spiro atoms. The summed E-state index contributed by atoms with van der Waals surface area (Å²) in [7, 11) is 0. The largest absolute Gasteiger partial charge is 0.456 e. The number of rotatable bonds is 2. The van der Waals surface area contributed by atoms with E-state index in [4.69, 9.17) is 9.47 Å². The van der Waals surface area contributed by atoms with Gasteiger partial charge in [0.25, 0.3) is 0 Å². The van der Waals surface area contributed by atoms with Gasteiger partial charge in [0.15, 0.2) is 0 Å². The summed E-state index contributed by atoms with van der Waals surface area (Å²) in [6.07, 6.45) is 0.352. The average molecular weight is 303 g/mol. The van der Waals surface area contributed by atoms with Gasteiger partial charge in [0, 0.05) is 12.5 Å². The highest BCUT2D eigenvalue weighted by Gasteiger charge is 2.57. The van der Waals surface area contributed by atoms with E-state index in [0.717, 1.165) is 6.42 Å². The lowest BCUT2D eigenvalue weighted by Crippen LogP contribution is -2.48. The van der Waals surface area contributed by atoms with Gasteiger partial charge in [0.1, 0.15) is 11.7 Å². The molecule has 5 nitrogen and oxygen atoms in total. The molecule has 2 bridgehead atoms. The Bertz CT molecular complexity index is 578. The maximum Gasteiger partial charge on any atom is 0.410 e. The second kappa shape index (κ2) is 5.30. The fraction of sp³-hybridized carbons (Fsp3) is 0.529. The van der Waals surface area contributed by atoms with Gasteiger partial charge in [0.2, 0.25) is 0 Å². The van der Waals surface area contributed by atoms with Crippen LogP contribution >= 0.6 is 0 Å². The molecule has 3 atom stereocenters. The second-order valence-electron chi connectivity index (χ2n) is 6.93. The normalized spacial score (nSPS) is 26.3. The van der Waals surface area contributed by atoms with Crippen molar-refractivity contribution in [2.24, 2.45) is 5.92 Å². The van der Waals surface area contributed by atoms with Crippen LogP contribution in [0, 0.1) is 5.92 Å². The Kier molecular flexibility index (Phi) is 3.59. The Balaban J connectivity index is 1.60. The molecular weight excluding hydrogens is 282 g/mol. The van der Waals surface area contributed by atoms with Gasteiger partial charge in [-0.05, 0) is 39.3 Å². The van der Waals surface area contributed by atoms with Crippen molar-refractivity contribution in [2.45, 2.75) is 44.9 Å². The van der Waals surface area contributed by atoms with E-state index < -0.39 is 5.60 Å². The number of ether oxygens (including phenoxy) is 2. The van der Waals surface area contributed by atoms with Gasteiger partial charge in [-0.1, -0.05) is 18.2 Å². The smallest absolute Gasteiger partial charge is 0.410 e. The highest BCUT2D eigenvalue weighted by molar-refractivity contribution is 5.89. The van der Waals surface area contributed by atoms with Crippen LogP contribution in [-0.4, -0.2) is 41.3 Å². The van der Waals surface area contributed by atoms with E-state index in [2.05, 4.69) is 0 Å². The second-order valence-corrected chi connectivity index (χ2v) is 6.93. The van der Waals surface area contributed by atoms with Crippen LogP contribution in [-0.2, 0) is 9.47 Å². The van der Waals surface area contributed by atoms with Crippen LogP contribution < -0.4 is 0 Å². The molecule has 0 unspecified atom stereocenters. The highest BCUT2D eigenvalue weighted by atomic mass is 16.6. The number of hydrogen-bond donors (Lipinski definition) is 0. The van der Waals surface area contributed by atoms with E-state index in [-0.39, 0.29) is 30.1 Å². The van der Waals surface area contributed by atoms with Gasteiger partial charge in [0.05, 0.1) is 11.6 Å². The number of amides is 1. The summed E-state index contributed by atoms with van der Waals surface area (Å²) in [6.45, 7) is 6.14. The predicted molar refractivity (Wildman–Crippen MR) is 80.5 cm³/mol. The molecule has 22 heavy (non-hydrogen) atoms. The lowest BCUT2D eigenvalue weighted by molar-refractivity contribution is -0.0281. The maximum absolute atomic E-state index is 12.2. The number of nitrogens with zero attached hydrogens (tertiary/aromatic N) is 1. The third kappa shape index (κ3) is 2.80. The number of fused-ring (bicyclic) bond motifs is 1. The minimum absolute atomic E-state index is 0.0486. The minimum atomic E-state index is -0.514. The van der Waals surface area contributed by atoms with E-state index in [9.17, 15) is 9.59 Å². The topological polar surface area (TPSA) is 55.8 Å². The lowest BCUT2D eigenvalue weighted by atomic mass is 9.82. The van der Waals surface area contributed by atoms with Crippen molar-refractivity contribution in [3.63, 3.8) is 0 Å². The molecular formula is C17H21NO4. The Labute approximate surface area is 130 Å². The summed E-state index contributed by atoms with van der Waals surface area (Å²) in [5.74, 6) is -0.100. The first-order valence-electron chi connectivity index (χ1n) is 7.61. The van der Waals surface area contributed by atoms with Crippen LogP contribution in [0.1, 0.15) is 37.6 Å². The van der Waals surface area contributed by atoms with Crippen molar-refractivity contribution in [2.75, 3.05) is 6.54 Å². The van der Waals surface area contributed by atoms with Crippen molar-refractivity contribution in [3.05, 3.63) is 35.9 Å². The third-order valence-corrected chi connectivity index (χ3v) is 4.10. The lowest BCUT2D eigenvalue weighted by Gasteiger charge is -2.35. The fourth-order valence-electron chi connectivity index (χ4n) is 3.04. The molecule has 2 heterocycles. The summed E-state index contributed by atoms with van der Waals surface area (Å²) in [4.78, 5) is 26.0. The fourth-order valence-corrected chi connectivity index (χ4v) is 3.04. The van der Waals surface area contributed by atoms with Crippen molar-refractivity contribution < 1.29 is 19.1 Å².